The van der Waals surface area contributed by atoms with Crippen LogP contribution in [0.15, 0.2) is 0 Å². The van der Waals surface area contributed by atoms with Crippen molar-refractivity contribution in [2.45, 2.75) is 70.8 Å². The minimum atomic E-state index is 0.772. The summed E-state index contributed by atoms with van der Waals surface area (Å²) in [6, 6.07) is 0. The normalized spacial score (nSPS) is 27.2. The first kappa shape index (κ1) is 13.6. The molecule has 3 rings (SSSR count). The van der Waals surface area contributed by atoms with Crippen molar-refractivity contribution in [1.29, 1.82) is 0 Å². The van der Waals surface area contributed by atoms with Crippen LogP contribution in [0.5, 0.6) is 0 Å². The van der Waals surface area contributed by atoms with Gasteiger partial charge in [-0.05, 0) is 31.6 Å². The van der Waals surface area contributed by atoms with E-state index < -0.39 is 0 Å². The number of hydrogen-bond acceptors (Lipinski definition) is 3. The number of aromatic nitrogens is 1. The van der Waals surface area contributed by atoms with Crippen LogP contribution in [-0.2, 0) is 13.0 Å². The molecule has 3 heteroatoms. The van der Waals surface area contributed by atoms with Crippen LogP contribution in [-0.4, -0.2) is 11.5 Å². The van der Waals surface area contributed by atoms with E-state index in [0.29, 0.717) is 0 Å². The Balaban J connectivity index is 1.57. The maximum Gasteiger partial charge on any atom is 0.0962 e. The molecule has 2 aliphatic rings. The van der Waals surface area contributed by atoms with E-state index in [1.165, 1.54) is 60.5 Å². The van der Waals surface area contributed by atoms with Gasteiger partial charge in [0.15, 0.2) is 0 Å². The number of unbranched alkanes of at least 4 members (excludes halogenated alkanes) is 1. The summed E-state index contributed by atoms with van der Waals surface area (Å²) < 4.78 is 0. The maximum absolute atomic E-state index is 4.94. The third-order valence-electron chi connectivity index (χ3n) is 4.78. The quantitative estimate of drug-likeness (QED) is 0.890. The Hall–Kier alpha value is -0.410. The van der Waals surface area contributed by atoms with Gasteiger partial charge in [0, 0.05) is 30.3 Å². The molecule has 0 radical (unpaired) electrons. The van der Waals surface area contributed by atoms with Crippen LogP contribution in [0.1, 0.15) is 73.4 Å². The maximum atomic E-state index is 4.94. The summed E-state index contributed by atoms with van der Waals surface area (Å²) in [7, 11) is 0. The molecule has 1 saturated carbocycles. The van der Waals surface area contributed by atoms with E-state index in [-0.39, 0.29) is 0 Å². The van der Waals surface area contributed by atoms with E-state index in [4.69, 9.17) is 4.98 Å². The molecule has 0 atom stereocenters. The second kappa shape index (κ2) is 6.36. The Morgan fingerprint density at radius 1 is 1.26 bits per heavy atom. The van der Waals surface area contributed by atoms with Crippen molar-refractivity contribution in [3.05, 3.63) is 15.6 Å². The first-order valence-corrected chi connectivity index (χ1v) is 8.87. The van der Waals surface area contributed by atoms with Gasteiger partial charge >= 0.3 is 0 Å². The van der Waals surface area contributed by atoms with E-state index in [1.807, 2.05) is 11.3 Å². The zero-order valence-electron chi connectivity index (χ0n) is 12.1. The SMILES string of the molecule is CCCCC1CCC(c2nc3c(s2)CNCC3)CC1. The summed E-state index contributed by atoms with van der Waals surface area (Å²) in [5, 5.41) is 4.90. The topological polar surface area (TPSA) is 24.9 Å². The van der Waals surface area contributed by atoms with E-state index in [0.717, 1.165) is 31.3 Å². The monoisotopic (exact) mass is 278 g/mol. The lowest BCUT2D eigenvalue weighted by molar-refractivity contribution is 0.304. The molecule has 1 N–H and O–H groups in total. The van der Waals surface area contributed by atoms with Crippen LogP contribution in [0.4, 0.5) is 0 Å². The van der Waals surface area contributed by atoms with Gasteiger partial charge < -0.3 is 5.32 Å². The van der Waals surface area contributed by atoms with Crippen LogP contribution in [0.25, 0.3) is 0 Å². The lowest BCUT2D eigenvalue weighted by Gasteiger charge is -2.27. The van der Waals surface area contributed by atoms with Crippen LogP contribution in [0.3, 0.4) is 0 Å². The average molecular weight is 278 g/mol. The smallest absolute Gasteiger partial charge is 0.0962 e. The van der Waals surface area contributed by atoms with Gasteiger partial charge in [0.2, 0.25) is 0 Å². The first-order chi connectivity index (χ1) is 9.36. The zero-order chi connectivity index (χ0) is 13.1. The van der Waals surface area contributed by atoms with Gasteiger partial charge in [0.1, 0.15) is 0 Å². The standard InChI is InChI=1S/C16H26N2S/c1-2-3-4-12-5-7-13(8-6-12)16-18-14-9-10-17-11-15(14)19-16/h12-13,17H,2-11H2,1H3. The number of fused-ring (bicyclic) bond motifs is 1. The molecule has 0 saturated heterocycles. The van der Waals surface area contributed by atoms with Gasteiger partial charge in [-0.1, -0.05) is 26.2 Å². The van der Waals surface area contributed by atoms with Crippen molar-refractivity contribution in [3.63, 3.8) is 0 Å². The zero-order valence-corrected chi connectivity index (χ0v) is 12.9. The van der Waals surface area contributed by atoms with Crippen molar-refractivity contribution < 1.29 is 0 Å². The molecule has 0 bridgehead atoms. The van der Waals surface area contributed by atoms with Gasteiger partial charge in [-0.2, -0.15) is 0 Å². The van der Waals surface area contributed by atoms with E-state index in [1.54, 1.807) is 0 Å². The first-order valence-electron chi connectivity index (χ1n) is 8.06. The van der Waals surface area contributed by atoms with Crippen LogP contribution in [0, 0.1) is 5.92 Å². The fourth-order valence-electron chi connectivity index (χ4n) is 3.51. The van der Waals surface area contributed by atoms with E-state index >= 15 is 0 Å². The molecule has 106 valence electrons. The summed E-state index contributed by atoms with van der Waals surface area (Å²) in [5.41, 5.74) is 1.40. The van der Waals surface area contributed by atoms with Gasteiger partial charge in [0.05, 0.1) is 10.7 Å². The lowest BCUT2D eigenvalue weighted by atomic mass is 9.80. The summed E-state index contributed by atoms with van der Waals surface area (Å²) in [6.07, 6.45) is 11.0. The molecule has 0 aromatic carbocycles. The molecule has 19 heavy (non-hydrogen) atoms. The molecule has 2 nitrogen and oxygen atoms in total. The number of nitrogens with one attached hydrogen (secondary N) is 1. The minimum Gasteiger partial charge on any atom is -0.311 e. The van der Waals surface area contributed by atoms with Gasteiger partial charge in [-0.3, -0.25) is 0 Å². The predicted octanol–water partition coefficient (Wildman–Crippen LogP) is 4.25. The fourth-order valence-corrected chi connectivity index (χ4v) is 4.76. The van der Waals surface area contributed by atoms with Gasteiger partial charge in [0.25, 0.3) is 0 Å². The molecule has 1 fully saturated rings. The number of nitrogens with zero attached hydrogens (tertiary/aromatic N) is 1. The molecular weight excluding hydrogens is 252 g/mol. The second-order valence-electron chi connectivity index (χ2n) is 6.21. The third-order valence-corrected chi connectivity index (χ3v) is 6.04. The summed E-state index contributed by atoms with van der Waals surface area (Å²) >= 11 is 1.99. The van der Waals surface area contributed by atoms with Crippen molar-refractivity contribution >= 4 is 11.3 Å². The molecule has 1 aliphatic heterocycles. The summed E-state index contributed by atoms with van der Waals surface area (Å²) in [4.78, 5) is 6.45. The van der Waals surface area contributed by atoms with E-state index in [9.17, 15) is 0 Å². The highest BCUT2D eigenvalue weighted by Crippen LogP contribution is 2.40. The Bertz CT molecular complexity index is 381. The van der Waals surface area contributed by atoms with Crippen LogP contribution >= 0.6 is 11.3 Å². The highest BCUT2D eigenvalue weighted by atomic mass is 32.1. The van der Waals surface area contributed by atoms with Crippen LogP contribution < -0.4 is 5.32 Å². The number of rotatable bonds is 4. The number of thiazole rings is 1. The summed E-state index contributed by atoms with van der Waals surface area (Å²) in [6.45, 7) is 4.47. The molecule has 1 aromatic heterocycles. The Morgan fingerprint density at radius 2 is 2.11 bits per heavy atom. The third kappa shape index (κ3) is 3.19. The van der Waals surface area contributed by atoms with Crippen molar-refractivity contribution in [1.82, 2.24) is 10.3 Å². The van der Waals surface area contributed by atoms with Crippen molar-refractivity contribution in [2.24, 2.45) is 5.92 Å². The Labute approximate surface area is 121 Å². The van der Waals surface area contributed by atoms with Gasteiger partial charge in [-0.25, -0.2) is 4.98 Å². The largest absolute Gasteiger partial charge is 0.311 e. The predicted molar refractivity (Wildman–Crippen MR) is 81.7 cm³/mol. The molecule has 0 unspecified atom stereocenters. The number of hydrogen-bond donors (Lipinski definition) is 1. The van der Waals surface area contributed by atoms with Crippen LogP contribution in [0.2, 0.25) is 0 Å². The fraction of sp³-hybridized carbons (Fsp3) is 0.812. The minimum absolute atomic E-state index is 0.772. The molecule has 2 heterocycles. The van der Waals surface area contributed by atoms with Crippen molar-refractivity contribution in [2.75, 3.05) is 6.54 Å². The second-order valence-corrected chi connectivity index (χ2v) is 7.32. The van der Waals surface area contributed by atoms with E-state index in [2.05, 4.69) is 12.2 Å². The Morgan fingerprint density at radius 3 is 2.84 bits per heavy atom. The van der Waals surface area contributed by atoms with Crippen molar-refractivity contribution in [3.8, 4) is 0 Å². The molecule has 0 spiro atoms. The lowest BCUT2D eigenvalue weighted by Crippen LogP contribution is -2.22. The molecule has 0 amide bonds. The van der Waals surface area contributed by atoms with Gasteiger partial charge in [-0.15, -0.1) is 11.3 Å². The average Bonchev–Trinajstić information content (AvgIpc) is 2.89. The Kier molecular flexibility index (Phi) is 4.54. The highest BCUT2D eigenvalue weighted by molar-refractivity contribution is 7.11. The molecule has 1 aromatic rings. The summed E-state index contributed by atoms with van der Waals surface area (Å²) in [5.74, 6) is 1.78. The molecule has 1 aliphatic carbocycles. The highest BCUT2D eigenvalue weighted by Gasteiger charge is 2.26. The molecular formula is C16H26N2S.